The Morgan fingerprint density at radius 3 is 2.91 bits per heavy atom. The van der Waals surface area contributed by atoms with Gasteiger partial charge in [-0.25, -0.2) is 18.3 Å². The largest absolute Gasteiger partial charge is 0.490 e. The molecular weight excluding hydrogens is 436 g/mol. The summed E-state index contributed by atoms with van der Waals surface area (Å²) in [6.45, 7) is 4.60. The summed E-state index contributed by atoms with van der Waals surface area (Å²) in [4.78, 5) is 18.7. The van der Waals surface area contributed by atoms with Gasteiger partial charge in [0.05, 0.1) is 30.1 Å². The maximum Gasteiger partial charge on any atom is 0.269 e. The number of rotatable bonds is 7. The van der Waals surface area contributed by atoms with Crippen LogP contribution in [0.3, 0.4) is 0 Å². The Kier molecular flexibility index (Phi) is 6.43. The van der Waals surface area contributed by atoms with Crippen molar-refractivity contribution in [1.82, 2.24) is 19.9 Å². The lowest BCUT2D eigenvalue weighted by molar-refractivity contribution is -0.0674. The van der Waals surface area contributed by atoms with Gasteiger partial charge in [-0.3, -0.25) is 4.79 Å². The van der Waals surface area contributed by atoms with Gasteiger partial charge in [0, 0.05) is 28.5 Å². The molecule has 3 N–H and O–H groups in total. The van der Waals surface area contributed by atoms with E-state index in [9.17, 15) is 13.6 Å². The first-order valence-corrected chi connectivity index (χ1v) is 11.7. The minimum atomic E-state index is -3.01. The smallest absolute Gasteiger partial charge is 0.269 e. The number of hydrogen-bond donors (Lipinski definition) is 2. The molecule has 0 spiro atoms. The van der Waals surface area contributed by atoms with Gasteiger partial charge in [-0.15, -0.1) is 11.3 Å². The summed E-state index contributed by atoms with van der Waals surface area (Å²) < 4.78 is 35.9. The maximum atomic E-state index is 14.3. The van der Waals surface area contributed by atoms with E-state index in [0.29, 0.717) is 42.1 Å². The van der Waals surface area contributed by atoms with E-state index in [-0.39, 0.29) is 6.42 Å². The number of amides is 1. The van der Waals surface area contributed by atoms with E-state index in [0.717, 1.165) is 22.4 Å². The first-order valence-electron chi connectivity index (χ1n) is 10.9. The first kappa shape index (κ1) is 22.6. The Balaban J connectivity index is 1.62. The third-order valence-corrected chi connectivity index (χ3v) is 6.95. The van der Waals surface area contributed by atoms with E-state index in [1.54, 1.807) is 29.2 Å². The van der Waals surface area contributed by atoms with Crippen molar-refractivity contribution in [3.8, 4) is 16.9 Å². The summed E-state index contributed by atoms with van der Waals surface area (Å²) in [6, 6.07) is -0.397. The van der Waals surface area contributed by atoms with E-state index in [1.807, 2.05) is 13.8 Å². The van der Waals surface area contributed by atoms with E-state index >= 15 is 0 Å². The molecule has 0 aromatic carbocycles. The highest BCUT2D eigenvalue weighted by atomic mass is 32.1. The van der Waals surface area contributed by atoms with E-state index < -0.39 is 23.9 Å². The molecule has 3 aromatic heterocycles. The van der Waals surface area contributed by atoms with Crippen molar-refractivity contribution in [2.45, 2.75) is 64.0 Å². The fourth-order valence-corrected chi connectivity index (χ4v) is 5.02. The zero-order valence-electron chi connectivity index (χ0n) is 18.1. The number of carbonyl (C=O) groups excluding carboxylic acids is 1. The lowest BCUT2D eigenvalue weighted by Gasteiger charge is -2.36. The third kappa shape index (κ3) is 4.33. The van der Waals surface area contributed by atoms with Crippen LogP contribution in [0.4, 0.5) is 8.78 Å². The monoisotopic (exact) mass is 463 g/mol. The fourth-order valence-electron chi connectivity index (χ4n) is 4.01. The number of thiophene rings is 1. The standard InChI is InChI=1S/C22H27F2N5O2S/c1-3-8-31-13-10-26-20-15(11-27-29(20)12-13)14-9-18(32-17(14)4-2)21(30)28-19-16(25)6-5-7-22(19,23)24/h9-12,16,19H,3-8,25H2,1-2H3,(H,28,30)/t16-,19+/m0/s1. The molecule has 0 saturated heterocycles. The van der Waals surface area contributed by atoms with Gasteiger partial charge in [-0.2, -0.15) is 5.10 Å². The minimum absolute atomic E-state index is 0.264. The zero-order valence-corrected chi connectivity index (χ0v) is 18.9. The molecule has 32 heavy (non-hydrogen) atoms. The van der Waals surface area contributed by atoms with Crippen molar-refractivity contribution in [3.63, 3.8) is 0 Å². The second-order valence-corrected chi connectivity index (χ2v) is 9.17. The lowest BCUT2D eigenvalue weighted by atomic mass is 9.87. The Labute approximate surface area is 189 Å². The van der Waals surface area contributed by atoms with E-state index in [2.05, 4.69) is 15.4 Å². The van der Waals surface area contributed by atoms with E-state index in [4.69, 9.17) is 10.5 Å². The Bertz CT molecular complexity index is 1110. The van der Waals surface area contributed by atoms with Crippen molar-refractivity contribution >= 4 is 22.9 Å². The molecule has 1 aliphatic carbocycles. The van der Waals surface area contributed by atoms with Crippen LogP contribution in [-0.2, 0) is 6.42 Å². The molecule has 0 radical (unpaired) electrons. The summed E-state index contributed by atoms with van der Waals surface area (Å²) in [5.74, 6) is -2.91. The summed E-state index contributed by atoms with van der Waals surface area (Å²) in [7, 11) is 0. The number of nitrogens with zero attached hydrogens (tertiary/aromatic N) is 3. The zero-order chi connectivity index (χ0) is 22.9. The molecule has 10 heteroatoms. The number of nitrogens with one attached hydrogen (secondary N) is 1. The molecule has 0 aliphatic heterocycles. The second kappa shape index (κ2) is 9.11. The number of halogens is 2. The number of aromatic nitrogens is 3. The predicted molar refractivity (Wildman–Crippen MR) is 119 cm³/mol. The molecule has 0 unspecified atom stereocenters. The third-order valence-electron chi connectivity index (χ3n) is 5.67. The molecule has 7 nitrogen and oxygen atoms in total. The quantitative estimate of drug-likeness (QED) is 0.551. The number of hydrogen-bond acceptors (Lipinski definition) is 6. The average Bonchev–Trinajstić information content (AvgIpc) is 3.38. The minimum Gasteiger partial charge on any atom is -0.490 e. The van der Waals surface area contributed by atoms with Crippen LogP contribution in [0.15, 0.2) is 24.7 Å². The molecule has 1 aliphatic rings. The molecule has 172 valence electrons. The van der Waals surface area contributed by atoms with Crippen LogP contribution in [0.2, 0.25) is 0 Å². The van der Waals surface area contributed by atoms with Gasteiger partial charge in [0.1, 0.15) is 6.04 Å². The van der Waals surface area contributed by atoms with Crippen molar-refractivity contribution in [2.24, 2.45) is 5.73 Å². The Hall–Kier alpha value is -2.59. The average molecular weight is 464 g/mol. The number of alkyl halides is 2. The summed E-state index contributed by atoms with van der Waals surface area (Å²) in [5.41, 5.74) is 8.14. The number of aryl methyl sites for hydroxylation is 1. The number of nitrogens with two attached hydrogens (primary N) is 1. The lowest BCUT2D eigenvalue weighted by Crippen LogP contribution is -2.59. The molecule has 1 amide bonds. The molecule has 1 saturated carbocycles. The van der Waals surface area contributed by atoms with Gasteiger partial charge >= 0.3 is 0 Å². The van der Waals surface area contributed by atoms with Crippen LogP contribution in [0.5, 0.6) is 5.75 Å². The van der Waals surface area contributed by atoms with Gasteiger partial charge in [0.15, 0.2) is 11.4 Å². The van der Waals surface area contributed by atoms with Gasteiger partial charge < -0.3 is 15.8 Å². The topological polar surface area (TPSA) is 94.5 Å². The van der Waals surface area contributed by atoms with Crippen LogP contribution in [0, 0.1) is 0 Å². The van der Waals surface area contributed by atoms with Crippen LogP contribution in [0.1, 0.15) is 54.1 Å². The summed E-state index contributed by atoms with van der Waals surface area (Å²) >= 11 is 1.29. The van der Waals surface area contributed by atoms with Crippen molar-refractivity contribution in [1.29, 1.82) is 0 Å². The summed E-state index contributed by atoms with van der Waals surface area (Å²) in [6.07, 6.45) is 7.24. The van der Waals surface area contributed by atoms with Crippen LogP contribution < -0.4 is 15.8 Å². The van der Waals surface area contributed by atoms with Gasteiger partial charge in [-0.05, 0) is 31.7 Å². The van der Waals surface area contributed by atoms with Gasteiger partial charge in [-0.1, -0.05) is 13.8 Å². The van der Waals surface area contributed by atoms with Crippen molar-refractivity contribution in [3.05, 3.63) is 34.4 Å². The molecule has 2 atom stereocenters. The maximum absolute atomic E-state index is 14.3. The highest BCUT2D eigenvalue weighted by Gasteiger charge is 2.46. The van der Waals surface area contributed by atoms with Gasteiger partial charge in [0.2, 0.25) is 0 Å². The molecule has 1 fully saturated rings. The van der Waals surface area contributed by atoms with Crippen LogP contribution >= 0.6 is 11.3 Å². The van der Waals surface area contributed by atoms with Crippen molar-refractivity contribution < 1.29 is 18.3 Å². The second-order valence-electron chi connectivity index (χ2n) is 8.03. The summed E-state index contributed by atoms with van der Waals surface area (Å²) in [5, 5.41) is 6.87. The Morgan fingerprint density at radius 1 is 1.38 bits per heavy atom. The number of carbonyl (C=O) groups is 1. The number of ether oxygens (including phenoxy) is 1. The first-order chi connectivity index (χ1) is 15.3. The van der Waals surface area contributed by atoms with Gasteiger partial charge in [0.25, 0.3) is 11.8 Å². The van der Waals surface area contributed by atoms with Crippen LogP contribution in [-0.4, -0.2) is 45.1 Å². The highest BCUT2D eigenvalue weighted by molar-refractivity contribution is 7.14. The molecule has 4 rings (SSSR count). The predicted octanol–water partition coefficient (Wildman–Crippen LogP) is 4.05. The fraction of sp³-hybridized carbons (Fsp3) is 0.500. The highest BCUT2D eigenvalue weighted by Crippen LogP contribution is 2.36. The normalized spacial score (nSPS) is 20.4. The van der Waals surface area contributed by atoms with Crippen LogP contribution in [0.25, 0.3) is 16.8 Å². The SMILES string of the molecule is CCCOc1cnc2c(-c3cc(C(=O)N[C@@H]4[C@@H](N)CCCC4(F)F)sc3CC)cnn2c1. The Morgan fingerprint density at radius 2 is 2.19 bits per heavy atom. The van der Waals surface area contributed by atoms with E-state index in [1.165, 1.54) is 11.3 Å². The molecular formula is C22H27F2N5O2S. The molecule has 3 heterocycles. The van der Waals surface area contributed by atoms with Crippen molar-refractivity contribution in [2.75, 3.05) is 6.61 Å². The molecule has 3 aromatic rings. The number of fused-ring (bicyclic) bond motifs is 1. The molecule has 0 bridgehead atoms.